The largest absolute Gasteiger partial charge is 0.393 e. The lowest BCUT2D eigenvalue weighted by molar-refractivity contribution is 0.0862. The fourth-order valence-corrected chi connectivity index (χ4v) is 9.41. The second-order valence-electron chi connectivity index (χ2n) is 13.6. The second-order valence-corrected chi connectivity index (χ2v) is 14.7. The van der Waals surface area contributed by atoms with Crippen molar-refractivity contribution in [1.29, 1.82) is 0 Å². The summed E-state index contributed by atoms with van der Waals surface area (Å²) in [7, 11) is 0. The monoisotopic (exact) mass is 565 g/mol. The molecule has 0 saturated heterocycles. The van der Waals surface area contributed by atoms with Gasteiger partial charge in [0.05, 0.1) is 23.7 Å². The molecule has 0 amide bonds. The van der Waals surface area contributed by atoms with Crippen molar-refractivity contribution < 1.29 is 15.3 Å². The zero-order valence-electron chi connectivity index (χ0n) is 24.9. The number of thiazole rings is 1. The third kappa shape index (κ3) is 6.00. The van der Waals surface area contributed by atoms with Crippen molar-refractivity contribution in [3.63, 3.8) is 0 Å². The fourth-order valence-electron chi connectivity index (χ4n) is 8.18. The molecular weight excluding hydrogens is 514 g/mol. The van der Waals surface area contributed by atoms with Crippen LogP contribution in [0.5, 0.6) is 0 Å². The summed E-state index contributed by atoms with van der Waals surface area (Å²) in [6.45, 7) is 11.2. The normalized spacial score (nSPS) is 35.4. The summed E-state index contributed by atoms with van der Waals surface area (Å²) in [6, 6.07) is 0. The minimum Gasteiger partial charge on any atom is -0.393 e. The maximum Gasteiger partial charge on any atom is 0.102 e. The summed E-state index contributed by atoms with van der Waals surface area (Å²) >= 11 is 1.82. The molecule has 0 unspecified atom stereocenters. The zero-order valence-corrected chi connectivity index (χ0v) is 25.8. The van der Waals surface area contributed by atoms with Gasteiger partial charge in [-0.2, -0.15) is 0 Å². The molecule has 0 aliphatic heterocycles. The number of nitrogens with zero attached hydrogens (tertiary/aromatic N) is 1. The van der Waals surface area contributed by atoms with Crippen LogP contribution in [0.25, 0.3) is 0 Å². The molecule has 220 valence electrons. The van der Waals surface area contributed by atoms with E-state index in [0.717, 1.165) is 41.8 Å². The molecular formula is C35H51NO3S. The van der Waals surface area contributed by atoms with E-state index in [0.29, 0.717) is 30.6 Å². The van der Waals surface area contributed by atoms with Crippen LogP contribution in [0.3, 0.4) is 0 Å². The van der Waals surface area contributed by atoms with Gasteiger partial charge in [-0.3, -0.25) is 0 Å². The maximum absolute atomic E-state index is 11.3. The van der Waals surface area contributed by atoms with Gasteiger partial charge in [-0.1, -0.05) is 70.1 Å². The first-order valence-corrected chi connectivity index (χ1v) is 16.8. The molecule has 4 nitrogen and oxygen atoms in total. The summed E-state index contributed by atoms with van der Waals surface area (Å²) in [5.74, 6) is 1.60. The van der Waals surface area contributed by atoms with Crippen molar-refractivity contribution in [3.05, 3.63) is 63.7 Å². The van der Waals surface area contributed by atoms with Gasteiger partial charge in [0, 0.05) is 17.5 Å². The van der Waals surface area contributed by atoms with Gasteiger partial charge in [0.1, 0.15) is 5.01 Å². The molecule has 4 saturated carbocycles. The van der Waals surface area contributed by atoms with E-state index in [9.17, 15) is 15.3 Å². The lowest BCUT2D eigenvalue weighted by Gasteiger charge is -2.44. The molecule has 5 rings (SSSR count). The highest BCUT2D eigenvalue weighted by molar-refractivity contribution is 7.11. The Kier molecular flexibility index (Phi) is 9.26. The zero-order chi connectivity index (χ0) is 28.5. The van der Waals surface area contributed by atoms with Crippen LogP contribution < -0.4 is 0 Å². The first-order valence-electron chi connectivity index (χ1n) is 15.9. The van der Waals surface area contributed by atoms with Crippen molar-refractivity contribution in [2.45, 2.75) is 128 Å². The van der Waals surface area contributed by atoms with Crippen LogP contribution in [0, 0.1) is 23.2 Å². The average molecular weight is 566 g/mol. The Morgan fingerprint density at radius 2 is 1.95 bits per heavy atom. The van der Waals surface area contributed by atoms with E-state index >= 15 is 0 Å². The third-order valence-corrected chi connectivity index (χ3v) is 12.2. The van der Waals surface area contributed by atoms with Gasteiger partial charge in [-0.05, 0) is 98.5 Å². The summed E-state index contributed by atoms with van der Waals surface area (Å²) < 4.78 is 0. The summed E-state index contributed by atoms with van der Waals surface area (Å²) in [5.41, 5.74) is 3.39. The van der Waals surface area contributed by atoms with Crippen molar-refractivity contribution in [1.82, 2.24) is 4.98 Å². The molecule has 4 aliphatic rings. The highest BCUT2D eigenvalue weighted by Gasteiger charge is 2.53. The third-order valence-electron chi connectivity index (χ3n) is 10.9. The SMILES string of the molecule is C=C1/C(=C\C=C2/CCC[C@]3(C)[C@@H]([C@@H](C)/C=C/[C@@H](O)C4(c5ncc(CCCCC)s5)CC4)CC[C@@H]23)C[C@@H](O)C[C@@H]1O. The van der Waals surface area contributed by atoms with Crippen LogP contribution in [0.1, 0.15) is 108 Å². The van der Waals surface area contributed by atoms with Crippen LogP contribution >= 0.6 is 11.3 Å². The van der Waals surface area contributed by atoms with E-state index in [1.165, 1.54) is 55.4 Å². The molecule has 7 atom stereocenters. The van der Waals surface area contributed by atoms with Gasteiger partial charge in [0.25, 0.3) is 0 Å². The molecule has 40 heavy (non-hydrogen) atoms. The predicted octanol–water partition coefficient (Wildman–Crippen LogP) is 7.60. The number of unbranched alkanes of at least 4 members (excludes halogenated alkanes) is 2. The highest BCUT2D eigenvalue weighted by atomic mass is 32.1. The first-order chi connectivity index (χ1) is 19.2. The standard InChI is InChI=1S/C35H51NO3S/c1-5-6-7-10-28-22-36-33(40-28)35(18-19-35)32(39)16-11-23(2)29-14-15-30-25(9-8-17-34(29,30)4)12-13-26-20-27(37)21-31(38)24(26)3/h11-13,16,22-23,27,29-32,37-39H,3,5-10,14-15,17-21H2,1-2,4H3/b16-11+,25-12+,26-13-/t23-,27+,29+,30-,31-,32+,34+/m0/s1. The number of hydrogen-bond acceptors (Lipinski definition) is 5. The van der Waals surface area contributed by atoms with Gasteiger partial charge >= 0.3 is 0 Å². The molecule has 4 fully saturated rings. The Hall–Kier alpha value is -1.53. The number of aliphatic hydroxyl groups is 3. The van der Waals surface area contributed by atoms with Crippen LogP contribution in [-0.4, -0.2) is 38.6 Å². The minimum atomic E-state index is -0.637. The van der Waals surface area contributed by atoms with Crippen molar-refractivity contribution in [3.8, 4) is 0 Å². The molecule has 5 heteroatoms. The minimum absolute atomic E-state index is 0.162. The number of aliphatic hydroxyl groups excluding tert-OH is 3. The second kappa shape index (κ2) is 12.4. The number of fused-ring (bicyclic) bond motifs is 1. The quantitative estimate of drug-likeness (QED) is 0.202. The predicted molar refractivity (Wildman–Crippen MR) is 165 cm³/mol. The molecule has 1 aromatic heterocycles. The van der Waals surface area contributed by atoms with Gasteiger partial charge in [0.15, 0.2) is 0 Å². The van der Waals surface area contributed by atoms with E-state index in [4.69, 9.17) is 4.98 Å². The lowest BCUT2D eigenvalue weighted by atomic mass is 9.61. The molecule has 3 N–H and O–H groups in total. The number of aromatic nitrogens is 1. The van der Waals surface area contributed by atoms with Crippen LogP contribution in [0.2, 0.25) is 0 Å². The number of allylic oxidation sites excluding steroid dienone is 4. The smallest absolute Gasteiger partial charge is 0.102 e. The van der Waals surface area contributed by atoms with E-state index < -0.39 is 18.3 Å². The Balaban J connectivity index is 1.24. The van der Waals surface area contributed by atoms with Crippen LogP contribution in [0.4, 0.5) is 0 Å². The van der Waals surface area contributed by atoms with Gasteiger partial charge in [0.2, 0.25) is 0 Å². The Bertz CT molecular complexity index is 1140. The van der Waals surface area contributed by atoms with Gasteiger partial charge < -0.3 is 15.3 Å². The van der Waals surface area contributed by atoms with E-state index in [2.05, 4.69) is 51.7 Å². The fraction of sp³-hybridized carbons (Fsp3) is 0.686. The topological polar surface area (TPSA) is 73.6 Å². The number of hydrogen-bond donors (Lipinski definition) is 3. The lowest BCUT2D eigenvalue weighted by Crippen LogP contribution is -2.35. The van der Waals surface area contributed by atoms with E-state index in [-0.39, 0.29) is 10.8 Å². The van der Waals surface area contributed by atoms with Gasteiger partial charge in [-0.15, -0.1) is 11.3 Å². The Morgan fingerprint density at radius 1 is 1.15 bits per heavy atom. The highest BCUT2D eigenvalue weighted by Crippen LogP contribution is 2.60. The first kappa shape index (κ1) is 29.9. The van der Waals surface area contributed by atoms with E-state index in [1.54, 1.807) is 0 Å². The summed E-state index contributed by atoms with van der Waals surface area (Å²) in [5, 5.41) is 32.8. The molecule has 1 aromatic rings. The number of rotatable bonds is 10. The Morgan fingerprint density at radius 3 is 2.70 bits per heavy atom. The average Bonchev–Trinajstić information content (AvgIpc) is 3.46. The molecule has 0 bridgehead atoms. The summed E-state index contributed by atoms with van der Waals surface area (Å²) in [6.07, 6.45) is 23.2. The van der Waals surface area contributed by atoms with Crippen molar-refractivity contribution in [2.75, 3.05) is 0 Å². The summed E-state index contributed by atoms with van der Waals surface area (Å²) in [4.78, 5) is 6.13. The molecule has 0 spiro atoms. The van der Waals surface area contributed by atoms with Crippen molar-refractivity contribution >= 4 is 11.3 Å². The Labute approximate surface area is 246 Å². The number of aryl methyl sites for hydroxylation is 1. The molecule has 0 radical (unpaired) electrons. The van der Waals surface area contributed by atoms with Crippen LogP contribution in [0.15, 0.2) is 53.8 Å². The van der Waals surface area contributed by atoms with Gasteiger partial charge in [-0.25, -0.2) is 4.98 Å². The molecule has 4 aliphatic carbocycles. The molecule has 1 heterocycles. The van der Waals surface area contributed by atoms with Crippen molar-refractivity contribution in [2.24, 2.45) is 23.2 Å². The van der Waals surface area contributed by atoms with Crippen LogP contribution in [-0.2, 0) is 11.8 Å². The molecule has 0 aromatic carbocycles. The maximum atomic E-state index is 11.3. The van der Waals surface area contributed by atoms with E-state index in [1.807, 2.05) is 17.5 Å².